The number of methoxy groups -OCH3 is 1. The van der Waals surface area contributed by atoms with Gasteiger partial charge in [-0.15, -0.1) is 0 Å². The molecule has 4 aromatic rings. The maximum absolute atomic E-state index is 15.0. The van der Waals surface area contributed by atoms with Gasteiger partial charge in [0.15, 0.2) is 0 Å². The molecule has 0 unspecified atom stereocenters. The number of rotatable bonds is 11. The number of nitrogens with one attached hydrogen (secondary N) is 1. The number of aromatic nitrogens is 4. The fraction of sp³-hybridized carbons (Fsp3) is 0.379. The number of anilines is 3. The van der Waals surface area contributed by atoms with Crippen molar-refractivity contribution in [1.29, 1.82) is 5.26 Å². The summed E-state index contributed by atoms with van der Waals surface area (Å²) in [5, 5.41) is 16.6. The number of benzene rings is 1. The van der Waals surface area contributed by atoms with E-state index in [4.69, 9.17) is 25.2 Å². The summed E-state index contributed by atoms with van der Waals surface area (Å²) in [5.74, 6) is -1.08. The SMILES string of the molecule is COCCOc1cc(F)c(-c2ccc3cnc(Nc4cnccc4N4C[C@@H](N)[C@@H](OCCC#N)[C@@H](C)C4)n3n2)c(F)c1. The average molecular weight is 579 g/mol. The Kier molecular flexibility index (Phi) is 9.06. The van der Waals surface area contributed by atoms with Gasteiger partial charge >= 0.3 is 0 Å². The van der Waals surface area contributed by atoms with E-state index in [2.05, 4.69) is 38.3 Å². The van der Waals surface area contributed by atoms with Gasteiger partial charge in [-0.1, -0.05) is 6.92 Å². The topological polar surface area (TPSA) is 136 Å². The van der Waals surface area contributed by atoms with E-state index in [1.165, 1.54) is 17.7 Å². The highest BCUT2D eigenvalue weighted by molar-refractivity contribution is 5.74. The number of nitrogens with zero attached hydrogens (tertiary/aromatic N) is 6. The molecular formula is C29H32F2N8O3. The number of pyridine rings is 1. The van der Waals surface area contributed by atoms with Gasteiger partial charge in [-0.25, -0.2) is 13.8 Å². The molecule has 1 saturated heterocycles. The number of halogens is 2. The smallest absolute Gasteiger partial charge is 0.229 e. The number of imidazole rings is 1. The van der Waals surface area contributed by atoms with Gasteiger partial charge in [0, 0.05) is 50.5 Å². The van der Waals surface area contributed by atoms with Crippen LogP contribution in [0.1, 0.15) is 13.3 Å². The van der Waals surface area contributed by atoms with Crippen molar-refractivity contribution in [3.05, 3.63) is 60.6 Å². The van der Waals surface area contributed by atoms with Crippen LogP contribution < -0.4 is 20.7 Å². The molecule has 3 aromatic heterocycles. The second-order valence-electron chi connectivity index (χ2n) is 10.0. The first-order valence-electron chi connectivity index (χ1n) is 13.6. The van der Waals surface area contributed by atoms with E-state index in [0.29, 0.717) is 49.9 Å². The third-order valence-electron chi connectivity index (χ3n) is 7.04. The zero-order chi connectivity index (χ0) is 29.6. The zero-order valence-corrected chi connectivity index (χ0v) is 23.3. The minimum Gasteiger partial charge on any atom is -0.491 e. The van der Waals surface area contributed by atoms with Crippen LogP contribution in [0.2, 0.25) is 0 Å². The molecule has 4 heterocycles. The van der Waals surface area contributed by atoms with E-state index in [1.807, 2.05) is 6.07 Å². The molecule has 0 spiro atoms. The van der Waals surface area contributed by atoms with E-state index < -0.39 is 11.6 Å². The third-order valence-corrected chi connectivity index (χ3v) is 7.04. The second-order valence-corrected chi connectivity index (χ2v) is 10.0. The number of hydrogen-bond donors (Lipinski definition) is 2. The Morgan fingerprint density at radius 1 is 1.12 bits per heavy atom. The monoisotopic (exact) mass is 578 g/mol. The van der Waals surface area contributed by atoms with Crippen LogP contribution >= 0.6 is 0 Å². The molecule has 0 radical (unpaired) electrons. The molecule has 0 aliphatic carbocycles. The largest absolute Gasteiger partial charge is 0.491 e. The van der Waals surface area contributed by atoms with E-state index in [-0.39, 0.29) is 41.7 Å². The van der Waals surface area contributed by atoms with Crippen molar-refractivity contribution in [2.75, 3.05) is 50.2 Å². The molecule has 1 aromatic carbocycles. The Balaban J connectivity index is 1.39. The van der Waals surface area contributed by atoms with Crippen molar-refractivity contribution in [2.24, 2.45) is 11.7 Å². The summed E-state index contributed by atoms with van der Waals surface area (Å²) in [4.78, 5) is 10.9. The van der Waals surface area contributed by atoms with E-state index in [9.17, 15) is 0 Å². The Labute approximate surface area is 241 Å². The summed E-state index contributed by atoms with van der Waals surface area (Å²) in [6, 6.07) is 9.18. The number of nitriles is 1. The number of piperidine rings is 1. The fourth-order valence-electron chi connectivity index (χ4n) is 5.13. The lowest BCUT2D eigenvalue weighted by atomic mass is 9.92. The van der Waals surface area contributed by atoms with Crippen LogP contribution in [0.15, 0.2) is 48.9 Å². The van der Waals surface area contributed by atoms with Gasteiger partial charge in [0.05, 0.1) is 72.4 Å². The van der Waals surface area contributed by atoms with Crippen LogP contribution in [0.5, 0.6) is 5.75 Å². The van der Waals surface area contributed by atoms with Crippen LogP contribution in [0.3, 0.4) is 0 Å². The van der Waals surface area contributed by atoms with Gasteiger partial charge in [0.2, 0.25) is 5.95 Å². The number of ether oxygens (including phenoxy) is 3. The van der Waals surface area contributed by atoms with Crippen molar-refractivity contribution in [3.8, 4) is 23.1 Å². The predicted octanol–water partition coefficient (Wildman–Crippen LogP) is 3.92. The highest BCUT2D eigenvalue weighted by Gasteiger charge is 2.34. The molecule has 11 nitrogen and oxygen atoms in total. The molecule has 0 saturated carbocycles. The Hall–Kier alpha value is -4.38. The highest BCUT2D eigenvalue weighted by atomic mass is 19.1. The average Bonchev–Trinajstić information content (AvgIpc) is 3.36. The lowest BCUT2D eigenvalue weighted by molar-refractivity contribution is -0.00331. The highest BCUT2D eigenvalue weighted by Crippen LogP contribution is 2.33. The van der Waals surface area contributed by atoms with Crippen LogP contribution in [0.25, 0.3) is 16.8 Å². The molecule has 0 amide bonds. The molecule has 3 atom stereocenters. The lowest BCUT2D eigenvalue weighted by Gasteiger charge is -2.42. The molecule has 1 fully saturated rings. The molecule has 1 aliphatic heterocycles. The van der Waals surface area contributed by atoms with Gasteiger partial charge in [0.25, 0.3) is 0 Å². The van der Waals surface area contributed by atoms with E-state index >= 15 is 8.78 Å². The van der Waals surface area contributed by atoms with Gasteiger partial charge in [-0.3, -0.25) is 4.98 Å². The molecule has 13 heteroatoms. The predicted molar refractivity (Wildman–Crippen MR) is 153 cm³/mol. The first kappa shape index (κ1) is 29.1. The molecule has 42 heavy (non-hydrogen) atoms. The summed E-state index contributed by atoms with van der Waals surface area (Å²) < 4.78 is 47.7. The van der Waals surface area contributed by atoms with E-state index in [0.717, 1.165) is 17.8 Å². The van der Waals surface area contributed by atoms with Crippen molar-refractivity contribution in [1.82, 2.24) is 19.6 Å². The first-order valence-corrected chi connectivity index (χ1v) is 13.6. The Morgan fingerprint density at radius 3 is 2.67 bits per heavy atom. The van der Waals surface area contributed by atoms with Crippen LogP contribution in [0, 0.1) is 28.9 Å². The summed E-state index contributed by atoms with van der Waals surface area (Å²) >= 11 is 0. The van der Waals surface area contributed by atoms with Gasteiger partial charge in [0.1, 0.15) is 24.0 Å². The molecular weight excluding hydrogens is 546 g/mol. The van der Waals surface area contributed by atoms with Gasteiger partial charge < -0.3 is 30.2 Å². The van der Waals surface area contributed by atoms with Crippen LogP contribution in [-0.4, -0.2) is 71.7 Å². The summed E-state index contributed by atoms with van der Waals surface area (Å²) in [5.41, 5.74) is 8.44. The quantitative estimate of drug-likeness (QED) is 0.252. The summed E-state index contributed by atoms with van der Waals surface area (Å²) in [6.07, 6.45) is 5.14. The molecule has 0 bridgehead atoms. The van der Waals surface area contributed by atoms with Crippen LogP contribution in [0.4, 0.5) is 26.1 Å². The maximum Gasteiger partial charge on any atom is 0.229 e. The maximum atomic E-state index is 15.0. The third kappa shape index (κ3) is 6.25. The lowest BCUT2D eigenvalue weighted by Crippen LogP contribution is -2.56. The van der Waals surface area contributed by atoms with Crippen molar-refractivity contribution in [3.63, 3.8) is 0 Å². The van der Waals surface area contributed by atoms with Crippen LogP contribution in [-0.2, 0) is 9.47 Å². The molecule has 3 N–H and O–H groups in total. The number of fused-ring (bicyclic) bond motifs is 1. The first-order chi connectivity index (χ1) is 20.4. The summed E-state index contributed by atoms with van der Waals surface area (Å²) in [6.45, 7) is 4.09. The number of hydrogen-bond acceptors (Lipinski definition) is 10. The molecule has 1 aliphatic rings. The Morgan fingerprint density at radius 2 is 1.93 bits per heavy atom. The zero-order valence-electron chi connectivity index (χ0n) is 23.3. The minimum atomic E-state index is -0.802. The standard InChI is InChI=1S/C29H32F2N8O3/c1-18-16-38(17-23(33)28(18)42-9-3-7-32)26-6-8-34-15-25(26)36-29-35-14-19-4-5-24(37-39(19)29)27-21(30)12-20(13-22(27)31)41-11-10-40-2/h4-6,8,12-15,18,23,28H,3,9-11,16-17,33H2,1-2H3,(H,35,36)/t18-,23+,28-/m0/s1. The summed E-state index contributed by atoms with van der Waals surface area (Å²) in [7, 11) is 1.51. The van der Waals surface area contributed by atoms with Gasteiger partial charge in [-0.2, -0.15) is 14.9 Å². The van der Waals surface area contributed by atoms with Gasteiger partial charge in [-0.05, 0) is 18.2 Å². The van der Waals surface area contributed by atoms with Crippen molar-refractivity contribution >= 4 is 22.8 Å². The molecule has 5 rings (SSSR count). The van der Waals surface area contributed by atoms with E-state index in [1.54, 1.807) is 24.7 Å². The minimum absolute atomic E-state index is 0.0628. The normalized spacial score (nSPS) is 18.7. The second kappa shape index (κ2) is 13.1. The molecule has 220 valence electrons. The van der Waals surface area contributed by atoms with Crippen molar-refractivity contribution in [2.45, 2.75) is 25.5 Å². The van der Waals surface area contributed by atoms with Crippen molar-refractivity contribution < 1.29 is 23.0 Å². The fourth-order valence-corrected chi connectivity index (χ4v) is 5.13. The number of nitrogens with two attached hydrogens (primary N) is 1. The Bertz CT molecular complexity index is 1540.